The van der Waals surface area contributed by atoms with Gasteiger partial charge < -0.3 is 5.32 Å². The van der Waals surface area contributed by atoms with E-state index in [9.17, 15) is 14.4 Å². The van der Waals surface area contributed by atoms with Crippen molar-refractivity contribution in [1.29, 1.82) is 0 Å². The highest BCUT2D eigenvalue weighted by molar-refractivity contribution is 6.31. The van der Waals surface area contributed by atoms with Crippen molar-refractivity contribution in [3.63, 3.8) is 0 Å². The Morgan fingerprint density at radius 1 is 0.938 bits per heavy atom. The Morgan fingerprint density at radius 3 is 2.44 bits per heavy atom. The number of fused-ring (bicyclic) bond motifs is 1. The molecule has 0 aliphatic carbocycles. The molecule has 0 radical (unpaired) electrons. The lowest BCUT2D eigenvalue weighted by atomic mass is 10.1. The smallest absolute Gasteiger partial charge is 0.333 e. The monoisotopic (exact) mass is 449 g/mol. The van der Waals surface area contributed by atoms with E-state index in [2.05, 4.69) is 15.3 Å². The highest BCUT2D eigenvalue weighted by Gasteiger charge is 2.17. The molecule has 2 aromatic carbocycles. The molecule has 32 heavy (non-hydrogen) atoms. The second kappa shape index (κ2) is 9.57. The van der Waals surface area contributed by atoms with Gasteiger partial charge in [0.15, 0.2) is 11.2 Å². The zero-order valence-corrected chi connectivity index (χ0v) is 17.8. The van der Waals surface area contributed by atoms with Gasteiger partial charge in [0, 0.05) is 30.5 Å². The number of hydrogen-bond donors (Lipinski definition) is 1. The van der Waals surface area contributed by atoms with Crippen LogP contribution >= 0.6 is 11.6 Å². The number of nitrogens with one attached hydrogen (secondary N) is 1. The summed E-state index contributed by atoms with van der Waals surface area (Å²) in [4.78, 5) is 46.9. The molecule has 0 fully saturated rings. The minimum Gasteiger partial charge on any atom is -0.350 e. The Morgan fingerprint density at radius 2 is 1.66 bits per heavy atom. The van der Waals surface area contributed by atoms with Crippen LogP contribution in [0.3, 0.4) is 0 Å². The van der Waals surface area contributed by atoms with Crippen molar-refractivity contribution in [3.8, 4) is 0 Å². The predicted octanol–water partition coefficient (Wildman–Crippen LogP) is 2.17. The second-order valence-corrected chi connectivity index (χ2v) is 7.57. The number of halogens is 1. The molecule has 9 heteroatoms. The van der Waals surface area contributed by atoms with Gasteiger partial charge in [0.25, 0.3) is 5.56 Å². The lowest BCUT2D eigenvalue weighted by Crippen LogP contribution is -2.43. The minimum atomic E-state index is -0.605. The van der Waals surface area contributed by atoms with Crippen LogP contribution in [0.4, 0.5) is 0 Å². The van der Waals surface area contributed by atoms with Crippen LogP contribution in [0.25, 0.3) is 11.2 Å². The standard InChI is InChI=1S/C23H20ClN5O3/c24-18-9-5-4-8-17(18)14-27-19(30)15-29-21-20(25-11-12-26-21)22(31)28(23(29)32)13-10-16-6-2-1-3-7-16/h1-9,11-12H,10,13-15H2,(H,27,30). The fourth-order valence-electron chi connectivity index (χ4n) is 3.39. The average Bonchev–Trinajstić information content (AvgIpc) is 2.82. The Labute approximate surface area is 188 Å². The van der Waals surface area contributed by atoms with Gasteiger partial charge in [-0.3, -0.25) is 18.7 Å². The van der Waals surface area contributed by atoms with E-state index >= 15 is 0 Å². The van der Waals surface area contributed by atoms with Crippen LogP contribution in [0.5, 0.6) is 0 Å². The first-order valence-electron chi connectivity index (χ1n) is 10.0. The van der Waals surface area contributed by atoms with E-state index in [1.165, 1.54) is 17.0 Å². The van der Waals surface area contributed by atoms with Crippen molar-refractivity contribution in [2.24, 2.45) is 0 Å². The van der Waals surface area contributed by atoms with Gasteiger partial charge in [-0.2, -0.15) is 0 Å². The Balaban J connectivity index is 1.62. The summed E-state index contributed by atoms with van der Waals surface area (Å²) in [7, 11) is 0. The van der Waals surface area contributed by atoms with Gasteiger partial charge in [0.2, 0.25) is 5.91 Å². The third-order valence-corrected chi connectivity index (χ3v) is 5.42. The molecule has 2 aromatic heterocycles. The van der Waals surface area contributed by atoms with Crippen molar-refractivity contribution in [1.82, 2.24) is 24.4 Å². The molecule has 0 atom stereocenters. The van der Waals surface area contributed by atoms with Gasteiger partial charge >= 0.3 is 5.69 Å². The van der Waals surface area contributed by atoms with E-state index in [1.807, 2.05) is 36.4 Å². The maximum atomic E-state index is 13.1. The Bertz CT molecular complexity index is 1380. The second-order valence-electron chi connectivity index (χ2n) is 7.16. The number of carbonyl (C=O) groups is 1. The first-order valence-corrected chi connectivity index (χ1v) is 10.4. The maximum absolute atomic E-state index is 13.1. The summed E-state index contributed by atoms with van der Waals surface area (Å²) in [6.07, 6.45) is 3.26. The molecule has 4 aromatic rings. The summed E-state index contributed by atoms with van der Waals surface area (Å²) in [6, 6.07) is 16.7. The van der Waals surface area contributed by atoms with E-state index in [4.69, 9.17) is 11.6 Å². The SMILES string of the molecule is O=C(Cn1c(=O)n(CCc2ccccc2)c(=O)c2nccnc21)NCc1ccccc1Cl. The minimum absolute atomic E-state index is 0.0408. The fraction of sp³-hybridized carbons (Fsp3) is 0.174. The quantitative estimate of drug-likeness (QED) is 0.466. The third kappa shape index (κ3) is 4.60. The summed E-state index contributed by atoms with van der Waals surface area (Å²) in [5.74, 6) is -0.410. The van der Waals surface area contributed by atoms with Crippen molar-refractivity contribution in [2.45, 2.75) is 26.1 Å². The number of hydrogen-bond acceptors (Lipinski definition) is 5. The van der Waals surface area contributed by atoms with Crippen LogP contribution in [-0.4, -0.2) is 25.0 Å². The van der Waals surface area contributed by atoms with Crippen molar-refractivity contribution in [2.75, 3.05) is 0 Å². The Hall–Kier alpha value is -3.78. The van der Waals surface area contributed by atoms with Gasteiger partial charge in [0.05, 0.1) is 0 Å². The molecule has 1 N–H and O–H groups in total. The highest BCUT2D eigenvalue weighted by atomic mass is 35.5. The van der Waals surface area contributed by atoms with E-state index in [0.29, 0.717) is 11.4 Å². The molecule has 0 saturated carbocycles. The van der Waals surface area contributed by atoms with Gasteiger partial charge in [-0.05, 0) is 23.6 Å². The number of benzene rings is 2. The van der Waals surface area contributed by atoms with E-state index in [1.54, 1.807) is 18.2 Å². The van der Waals surface area contributed by atoms with Gasteiger partial charge in [-0.25, -0.2) is 14.8 Å². The number of aryl methyl sites for hydroxylation is 1. The lowest BCUT2D eigenvalue weighted by molar-refractivity contribution is -0.121. The van der Waals surface area contributed by atoms with Crippen LogP contribution in [0.1, 0.15) is 11.1 Å². The molecule has 8 nitrogen and oxygen atoms in total. The van der Waals surface area contributed by atoms with Crippen molar-refractivity contribution >= 4 is 28.7 Å². The summed E-state index contributed by atoms with van der Waals surface area (Å²) >= 11 is 6.13. The number of amides is 1. The molecule has 0 aliphatic heterocycles. The molecule has 2 heterocycles. The molecule has 1 amide bonds. The highest BCUT2D eigenvalue weighted by Crippen LogP contribution is 2.14. The summed E-state index contributed by atoms with van der Waals surface area (Å²) < 4.78 is 2.28. The normalized spacial score (nSPS) is 10.9. The van der Waals surface area contributed by atoms with Crippen LogP contribution in [-0.2, 0) is 30.8 Å². The van der Waals surface area contributed by atoms with Gasteiger partial charge in [0.1, 0.15) is 6.54 Å². The molecule has 0 unspecified atom stereocenters. The number of aromatic nitrogens is 4. The maximum Gasteiger partial charge on any atom is 0.333 e. The van der Waals surface area contributed by atoms with E-state index in [-0.39, 0.29) is 30.8 Å². The number of rotatable bonds is 7. The zero-order valence-electron chi connectivity index (χ0n) is 17.1. The topological polar surface area (TPSA) is 98.9 Å². The fourth-order valence-corrected chi connectivity index (χ4v) is 3.59. The number of carbonyl (C=O) groups excluding carboxylic acids is 1. The van der Waals surface area contributed by atoms with E-state index in [0.717, 1.165) is 15.7 Å². The average molecular weight is 450 g/mol. The molecule has 4 rings (SSSR count). The summed E-state index contributed by atoms with van der Waals surface area (Å²) in [6.45, 7) is 0.0735. The van der Waals surface area contributed by atoms with Crippen LogP contribution in [0.15, 0.2) is 76.6 Å². The lowest BCUT2D eigenvalue weighted by Gasteiger charge is -2.13. The molecule has 0 saturated heterocycles. The molecule has 0 aliphatic rings. The number of nitrogens with zero attached hydrogens (tertiary/aromatic N) is 4. The first-order chi connectivity index (χ1) is 15.5. The van der Waals surface area contributed by atoms with Gasteiger partial charge in [-0.1, -0.05) is 60.1 Å². The first kappa shape index (κ1) is 21.5. The molecular formula is C23H20ClN5O3. The summed E-state index contributed by atoms with van der Waals surface area (Å²) in [5.41, 5.74) is 0.730. The van der Waals surface area contributed by atoms with Crippen LogP contribution < -0.4 is 16.6 Å². The third-order valence-electron chi connectivity index (χ3n) is 5.05. The molecular weight excluding hydrogens is 430 g/mol. The van der Waals surface area contributed by atoms with Crippen LogP contribution in [0, 0.1) is 0 Å². The molecule has 0 bridgehead atoms. The largest absolute Gasteiger partial charge is 0.350 e. The molecule has 0 spiro atoms. The zero-order chi connectivity index (χ0) is 22.5. The van der Waals surface area contributed by atoms with Crippen molar-refractivity contribution in [3.05, 3.63) is 104 Å². The van der Waals surface area contributed by atoms with Crippen LogP contribution in [0.2, 0.25) is 5.02 Å². The van der Waals surface area contributed by atoms with Crippen molar-refractivity contribution < 1.29 is 4.79 Å². The van der Waals surface area contributed by atoms with Gasteiger partial charge in [-0.15, -0.1) is 0 Å². The predicted molar refractivity (Wildman–Crippen MR) is 122 cm³/mol. The summed E-state index contributed by atoms with van der Waals surface area (Å²) in [5, 5.41) is 3.29. The van der Waals surface area contributed by atoms with E-state index < -0.39 is 17.2 Å². The Kier molecular flexibility index (Phi) is 6.42. The molecule has 162 valence electrons.